The summed E-state index contributed by atoms with van der Waals surface area (Å²) in [6.07, 6.45) is 0. The maximum absolute atomic E-state index is 12.8. The van der Waals surface area contributed by atoms with Crippen LogP contribution in [-0.4, -0.2) is 51.9 Å². The van der Waals surface area contributed by atoms with E-state index in [1.54, 1.807) is 11.0 Å². The summed E-state index contributed by atoms with van der Waals surface area (Å²) in [7, 11) is 0. The number of hydrogen-bond donors (Lipinski definition) is 1. The van der Waals surface area contributed by atoms with E-state index in [-0.39, 0.29) is 11.6 Å². The van der Waals surface area contributed by atoms with Crippen molar-refractivity contribution in [3.05, 3.63) is 75.7 Å². The zero-order valence-corrected chi connectivity index (χ0v) is 15.6. The van der Waals surface area contributed by atoms with Gasteiger partial charge in [-0.15, -0.1) is 11.3 Å². The maximum Gasteiger partial charge on any atom is 0.346 e. The lowest BCUT2D eigenvalue weighted by molar-refractivity contribution is 0.0622. The molecule has 6 nitrogen and oxygen atoms in total. The number of amides is 1. The van der Waals surface area contributed by atoms with E-state index in [0.717, 1.165) is 24.5 Å². The van der Waals surface area contributed by atoms with Gasteiger partial charge in [-0.3, -0.25) is 9.69 Å². The van der Waals surface area contributed by atoms with Crippen LogP contribution in [0.2, 0.25) is 0 Å². The Morgan fingerprint density at radius 3 is 2.56 bits per heavy atom. The lowest BCUT2D eigenvalue weighted by Gasteiger charge is -2.34. The van der Waals surface area contributed by atoms with Crippen molar-refractivity contribution in [1.29, 1.82) is 0 Å². The van der Waals surface area contributed by atoms with E-state index in [2.05, 4.69) is 27.0 Å². The predicted octanol–water partition coefficient (Wildman–Crippen LogP) is 2.46. The fourth-order valence-electron chi connectivity index (χ4n) is 3.24. The number of hydrogen-bond acceptors (Lipinski definition) is 5. The van der Waals surface area contributed by atoms with Crippen molar-refractivity contribution in [2.45, 2.75) is 6.54 Å². The van der Waals surface area contributed by atoms with Crippen molar-refractivity contribution >= 4 is 17.2 Å². The van der Waals surface area contributed by atoms with E-state index in [1.165, 1.54) is 16.9 Å². The van der Waals surface area contributed by atoms with Gasteiger partial charge in [-0.1, -0.05) is 36.4 Å². The lowest BCUT2D eigenvalue weighted by Crippen LogP contribution is -2.48. The second-order valence-electron chi connectivity index (χ2n) is 6.52. The van der Waals surface area contributed by atoms with E-state index in [0.29, 0.717) is 18.8 Å². The number of piperazine rings is 1. The summed E-state index contributed by atoms with van der Waals surface area (Å²) in [5.41, 5.74) is 1.62. The molecule has 1 aromatic carbocycles. The highest BCUT2D eigenvalue weighted by Gasteiger charge is 2.24. The van der Waals surface area contributed by atoms with Crippen molar-refractivity contribution in [2.24, 2.45) is 0 Å². The minimum Gasteiger partial charge on any atom is -0.335 e. The van der Waals surface area contributed by atoms with E-state index >= 15 is 0 Å². The lowest BCUT2D eigenvalue weighted by atomic mass is 10.2. The molecule has 3 aromatic rings. The average Bonchev–Trinajstić information content (AvgIpc) is 3.23. The molecule has 4 rings (SSSR count). The highest BCUT2D eigenvalue weighted by molar-refractivity contribution is 7.13. The van der Waals surface area contributed by atoms with Gasteiger partial charge in [-0.25, -0.2) is 4.79 Å². The first kappa shape index (κ1) is 17.6. The molecular formula is C20H20N4O2S. The minimum atomic E-state index is -0.494. The van der Waals surface area contributed by atoms with Gasteiger partial charge in [-0.05, 0) is 23.1 Å². The standard InChI is InChI=1S/C20H20N4O2S/c25-19(17-13-16(21-20(26)22-17)18-7-4-12-27-18)24-10-8-23(9-11-24)14-15-5-2-1-3-6-15/h1-7,12-13H,8-11,14H2,(H,21,22,26). The van der Waals surface area contributed by atoms with E-state index in [1.807, 2.05) is 35.7 Å². The molecule has 1 amide bonds. The number of benzene rings is 1. The van der Waals surface area contributed by atoms with E-state index in [9.17, 15) is 9.59 Å². The van der Waals surface area contributed by atoms with Crippen molar-refractivity contribution in [3.63, 3.8) is 0 Å². The molecule has 7 heteroatoms. The summed E-state index contributed by atoms with van der Waals surface area (Å²) in [4.78, 5) is 36.4. The number of H-pyrrole nitrogens is 1. The molecular weight excluding hydrogens is 360 g/mol. The maximum atomic E-state index is 12.8. The van der Waals surface area contributed by atoms with Crippen LogP contribution in [0.15, 0.2) is 58.7 Å². The Bertz CT molecular complexity index is 961. The minimum absolute atomic E-state index is 0.182. The zero-order chi connectivity index (χ0) is 18.6. The van der Waals surface area contributed by atoms with Crippen LogP contribution in [0.25, 0.3) is 10.6 Å². The van der Waals surface area contributed by atoms with Crippen molar-refractivity contribution < 1.29 is 4.79 Å². The van der Waals surface area contributed by atoms with Crippen LogP contribution < -0.4 is 5.69 Å². The van der Waals surface area contributed by atoms with E-state index < -0.39 is 5.69 Å². The molecule has 1 aliphatic heterocycles. The Morgan fingerprint density at radius 2 is 1.85 bits per heavy atom. The Morgan fingerprint density at radius 1 is 1.07 bits per heavy atom. The highest BCUT2D eigenvalue weighted by Crippen LogP contribution is 2.22. The number of aromatic amines is 1. The molecule has 1 saturated heterocycles. The second-order valence-corrected chi connectivity index (χ2v) is 7.46. The molecule has 0 spiro atoms. The molecule has 0 radical (unpaired) electrons. The molecule has 1 aliphatic rings. The van der Waals surface area contributed by atoms with Crippen LogP contribution in [0.1, 0.15) is 16.1 Å². The van der Waals surface area contributed by atoms with Crippen LogP contribution in [-0.2, 0) is 6.54 Å². The first-order valence-corrected chi connectivity index (χ1v) is 9.78. The molecule has 1 fully saturated rings. The summed E-state index contributed by atoms with van der Waals surface area (Å²) in [5.74, 6) is -0.182. The zero-order valence-electron chi connectivity index (χ0n) is 14.8. The SMILES string of the molecule is O=C(c1cc(-c2cccs2)[nH]c(=O)n1)N1CCN(Cc2ccccc2)CC1. The third kappa shape index (κ3) is 4.15. The first-order chi connectivity index (χ1) is 13.2. The number of thiophene rings is 1. The Labute approximate surface area is 161 Å². The van der Waals surface area contributed by atoms with Crippen LogP contribution in [0.3, 0.4) is 0 Å². The average molecular weight is 380 g/mol. The van der Waals surface area contributed by atoms with Crippen LogP contribution in [0.5, 0.6) is 0 Å². The van der Waals surface area contributed by atoms with Gasteiger partial charge in [-0.2, -0.15) is 4.98 Å². The fraction of sp³-hybridized carbons (Fsp3) is 0.250. The molecule has 138 valence electrons. The Kier molecular flexibility index (Phi) is 5.13. The highest BCUT2D eigenvalue weighted by atomic mass is 32.1. The summed E-state index contributed by atoms with van der Waals surface area (Å²) in [5, 5.41) is 1.93. The molecule has 1 N–H and O–H groups in total. The number of carbonyl (C=O) groups is 1. The van der Waals surface area contributed by atoms with E-state index in [4.69, 9.17) is 0 Å². The molecule has 0 aliphatic carbocycles. The largest absolute Gasteiger partial charge is 0.346 e. The smallest absolute Gasteiger partial charge is 0.335 e. The fourth-order valence-corrected chi connectivity index (χ4v) is 3.94. The number of aromatic nitrogens is 2. The number of rotatable bonds is 4. The molecule has 0 saturated carbocycles. The molecule has 27 heavy (non-hydrogen) atoms. The molecule has 0 atom stereocenters. The summed E-state index contributed by atoms with van der Waals surface area (Å²) < 4.78 is 0. The monoisotopic (exact) mass is 380 g/mol. The number of nitrogens with one attached hydrogen (secondary N) is 1. The topological polar surface area (TPSA) is 69.3 Å². The van der Waals surface area contributed by atoms with Crippen molar-refractivity contribution in [1.82, 2.24) is 19.8 Å². The van der Waals surface area contributed by atoms with Crippen LogP contribution in [0, 0.1) is 0 Å². The predicted molar refractivity (Wildman–Crippen MR) is 106 cm³/mol. The van der Waals surface area contributed by atoms with Gasteiger partial charge in [0.15, 0.2) is 0 Å². The van der Waals surface area contributed by atoms with Gasteiger partial charge in [0.25, 0.3) is 5.91 Å². The molecule has 0 bridgehead atoms. The number of carbonyl (C=O) groups excluding carboxylic acids is 1. The molecule has 2 aromatic heterocycles. The molecule has 0 unspecified atom stereocenters. The number of nitrogens with zero attached hydrogens (tertiary/aromatic N) is 3. The summed E-state index contributed by atoms with van der Waals surface area (Å²) in [6, 6.07) is 15.8. The van der Waals surface area contributed by atoms with Gasteiger partial charge >= 0.3 is 5.69 Å². The van der Waals surface area contributed by atoms with Gasteiger partial charge in [0.1, 0.15) is 5.69 Å². The van der Waals surface area contributed by atoms with Gasteiger partial charge in [0.05, 0.1) is 10.6 Å². The van der Waals surface area contributed by atoms with Crippen LogP contribution >= 0.6 is 11.3 Å². The van der Waals surface area contributed by atoms with Crippen molar-refractivity contribution in [3.8, 4) is 10.6 Å². The Balaban J connectivity index is 1.43. The first-order valence-electron chi connectivity index (χ1n) is 8.90. The quantitative estimate of drug-likeness (QED) is 0.755. The second kappa shape index (κ2) is 7.85. The third-order valence-electron chi connectivity index (χ3n) is 4.66. The van der Waals surface area contributed by atoms with Gasteiger partial charge in [0, 0.05) is 32.7 Å². The summed E-state index contributed by atoms with van der Waals surface area (Å²) in [6.45, 7) is 3.76. The Hall–Kier alpha value is -2.77. The third-order valence-corrected chi connectivity index (χ3v) is 5.56. The molecule has 3 heterocycles. The summed E-state index contributed by atoms with van der Waals surface area (Å²) >= 11 is 1.51. The van der Waals surface area contributed by atoms with Gasteiger partial charge < -0.3 is 9.88 Å². The van der Waals surface area contributed by atoms with Gasteiger partial charge in [0.2, 0.25) is 0 Å². The van der Waals surface area contributed by atoms with Crippen LogP contribution in [0.4, 0.5) is 0 Å². The normalized spacial score (nSPS) is 15.0. The van der Waals surface area contributed by atoms with Crippen molar-refractivity contribution in [2.75, 3.05) is 26.2 Å².